The van der Waals surface area contributed by atoms with Gasteiger partial charge >= 0.3 is 0 Å². The SMILES string of the molecule is COCCNCC(C)(C)CCc1ccc(Br)cc1. The predicted molar refractivity (Wildman–Crippen MR) is 81.0 cm³/mol. The van der Waals surface area contributed by atoms with Crippen molar-refractivity contribution in [2.24, 2.45) is 5.41 Å². The summed E-state index contributed by atoms with van der Waals surface area (Å²) < 4.78 is 6.18. The predicted octanol–water partition coefficient (Wildman–Crippen LogP) is 3.64. The zero-order chi connectivity index (χ0) is 13.4. The standard InChI is InChI=1S/C15H24BrNO/c1-15(2,12-17-10-11-18-3)9-8-13-4-6-14(16)7-5-13/h4-7,17H,8-12H2,1-3H3. The number of rotatable bonds is 8. The number of methoxy groups -OCH3 is 1. The first-order valence-corrected chi connectivity index (χ1v) is 7.27. The molecule has 1 aromatic rings. The van der Waals surface area contributed by atoms with Crippen LogP contribution >= 0.6 is 15.9 Å². The zero-order valence-corrected chi connectivity index (χ0v) is 13.2. The van der Waals surface area contributed by atoms with Gasteiger partial charge in [-0.1, -0.05) is 41.9 Å². The molecule has 18 heavy (non-hydrogen) atoms. The van der Waals surface area contributed by atoms with Crippen molar-refractivity contribution >= 4 is 15.9 Å². The highest BCUT2D eigenvalue weighted by molar-refractivity contribution is 9.10. The fourth-order valence-electron chi connectivity index (χ4n) is 1.82. The molecule has 1 N–H and O–H groups in total. The highest BCUT2D eigenvalue weighted by Crippen LogP contribution is 2.22. The Bertz CT molecular complexity index is 335. The molecular formula is C15H24BrNO. The van der Waals surface area contributed by atoms with E-state index in [1.807, 2.05) is 0 Å². The third kappa shape index (κ3) is 6.53. The second kappa shape index (κ2) is 7.93. The molecule has 102 valence electrons. The molecule has 0 fully saturated rings. The molecule has 0 radical (unpaired) electrons. The lowest BCUT2D eigenvalue weighted by Crippen LogP contribution is -2.31. The first-order valence-electron chi connectivity index (χ1n) is 6.48. The number of ether oxygens (including phenoxy) is 1. The fraction of sp³-hybridized carbons (Fsp3) is 0.600. The van der Waals surface area contributed by atoms with Crippen LogP contribution in [0.25, 0.3) is 0 Å². The molecule has 0 amide bonds. The smallest absolute Gasteiger partial charge is 0.0587 e. The fourth-order valence-corrected chi connectivity index (χ4v) is 2.09. The molecule has 0 aromatic heterocycles. The second-order valence-corrected chi connectivity index (χ2v) is 6.38. The maximum Gasteiger partial charge on any atom is 0.0587 e. The van der Waals surface area contributed by atoms with Gasteiger partial charge in [-0.3, -0.25) is 0 Å². The van der Waals surface area contributed by atoms with E-state index in [9.17, 15) is 0 Å². The van der Waals surface area contributed by atoms with Crippen LogP contribution in [0.4, 0.5) is 0 Å². The zero-order valence-electron chi connectivity index (χ0n) is 11.6. The maximum atomic E-state index is 5.03. The van der Waals surface area contributed by atoms with Gasteiger partial charge in [0.15, 0.2) is 0 Å². The summed E-state index contributed by atoms with van der Waals surface area (Å²) in [5, 5.41) is 3.44. The Morgan fingerprint density at radius 1 is 1.22 bits per heavy atom. The molecule has 0 saturated heterocycles. The van der Waals surface area contributed by atoms with Crippen molar-refractivity contribution in [2.75, 3.05) is 26.8 Å². The summed E-state index contributed by atoms with van der Waals surface area (Å²) >= 11 is 3.46. The highest BCUT2D eigenvalue weighted by atomic mass is 79.9. The minimum absolute atomic E-state index is 0.320. The van der Waals surface area contributed by atoms with Crippen molar-refractivity contribution < 1.29 is 4.74 Å². The van der Waals surface area contributed by atoms with E-state index in [0.717, 1.165) is 30.6 Å². The summed E-state index contributed by atoms with van der Waals surface area (Å²) in [7, 11) is 1.74. The number of benzene rings is 1. The first-order chi connectivity index (χ1) is 8.53. The Labute approximate surface area is 119 Å². The van der Waals surface area contributed by atoms with Gasteiger partial charge in [0.25, 0.3) is 0 Å². The Kier molecular flexibility index (Phi) is 6.90. The Balaban J connectivity index is 2.29. The van der Waals surface area contributed by atoms with Crippen molar-refractivity contribution in [1.29, 1.82) is 0 Å². The van der Waals surface area contributed by atoms with Crippen molar-refractivity contribution in [3.63, 3.8) is 0 Å². The number of aryl methyl sites for hydroxylation is 1. The van der Waals surface area contributed by atoms with Gasteiger partial charge in [0.2, 0.25) is 0 Å². The lowest BCUT2D eigenvalue weighted by Gasteiger charge is -2.25. The van der Waals surface area contributed by atoms with Gasteiger partial charge in [0.05, 0.1) is 6.61 Å². The summed E-state index contributed by atoms with van der Waals surface area (Å²) in [5.41, 5.74) is 1.73. The summed E-state index contributed by atoms with van der Waals surface area (Å²) in [5.74, 6) is 0. The van der Waals surface area contributed by atoms with Gasteiger partial charge in [-0.15, -0.1) is 0 Å². The molecule has 3 heteroatoms. The van der Waals surface area contributed by atoms with E-state index in [1.165, 1.54) is 12.0 Å². The lowest BCUT2D eigenvalue weighted by molar-refractivity contribution is 0.193. The average Bonchev–Trinajstić information content (AvgIpc) is 2.34. The number of hydrogen-bond donors (Lipinski definition) is 1. The molecule has 2 nitrogen and oxygen atoms in total. The number of halogens is 1. The molecule has 0 bridgehead atoms. The lowest BCUT2D eigenvalue weighted by atomic mass is 9.86. The molecular weight excluding hydrogens is 290 g/mol. The molecule has 0 unspecified atom stereocenters. The molecule has 0 aliphatic carbocycles. The van der Waals surface area contributed by atoms with Gasteiger partial charge in [-0.25, -0.2) is 0 Å². The van der Waals surface area contributed by atoms with Crippen LogP contribution in [0.2, 0.25) is 0 Å². The maximum absolute atomic E-state index is 5.03. The van der Waals surface area contributed by atoms with Crippen molar-refractivity contribution in [3.8, 4) is 0 Å². The van der Waals surface area contributed by atoms with E-state index >= 15 is 0 Å². The van der Waals surface area contributed by atoms with Crippen molar-refractivity contribution in [1.82, 2.24) is 5.32 Å². The molecule has 1 aromatic carbocycles. The minimum atomic E-state index is 0.320. The van der Waals surface area contributed by atoms with E-state index in [0.29, 0.717) is 5.41 Å². The van der Waals surface area contributed by atoms with Crippen LogP contribution in [0.3, 0.4) is 0 Å². The van der Waals surface area contributed by atoms with Crippen LogP contribution in [-0.2, 0) is 11.2 Å². The van der Waals surface area contributed by atoms with E-state index in [1.54, 1.807) is 7.11 Å². The molecule has 0 heterocycles. The van der Waals surface area contributed by atoms with Gasteiger partial charge in [0.1, 0.15) is 0 Å². The normalized spacial score (nSPS) is 11.8. The first kappa shape index (κ1) is 15.7. The summed E-state index contributed by atoms with van der Waals surface area (Å²) in [6, 6.07) is 8.61. The summed E-state index contributed by atoms with van der Waals surface area (Å²) in [6.45, 7) is 7.37. The molecule has 0 spiro atoms. The number of hydrogen-bond acceptors (Lipinski definition) is 2. The van der Waals surface area contributed by atoms with Crippen LogP contribution in [0, 0.1) is 5.41 Å². The van der Waals surface area contributed by atoms with Crippen LogP contribution in [0.15, 0.2) is 28.7 Å². The van der Waals surface area contributed by atoms with E-state index in [-0.39, 0.29) is 0 Å². The monoisotopic (exact) mass is 313 g/mol. The van der Waals surface area contributed by atoms with Gasteiger partial charge in [-0.05, 0) is 36.0 Å². The van der Waals surface area contributed by atoms with E-state index in [4.69, 9.17) is 4.74 Å². The summed E-state index contributed by atoms with van der Waals surface area (Å²) in [4.78, 5) is 0. The molecule has 1 rings (SSSR count). The molecule has 0 aliphatic rings. The van der Waals surface area contributed by atoms with Gasteiger partial charge < -0.3 is 10.1 Å². The van der Waals surface area contributed by atoms with Gasteiger partial charge in [-0.2, -0.15) is 0 Å². The quantitative estimate of drug-likeness (QED) is 0.740. The molecule has 0 atom stereocenters. The Hall–Kier alpha value is -0.380. The van der Waals surface area contributed by atoms with Crippen LogP contribution < -0.4 is 5.32 Å². The van der Waals surface area contributed by atoms with Crippen molar-refractivity contribution in [3.05, 3.63) is 34.3 Å². The van der Waals surface area contributed by atoms with Gasteiger partial charge in [0, 0.05) is 24.7 Å². The van der Waals surface area contributed by atoms with Crippen LogP contribution in [-0.4, -0.2) is 26.8 Å². The third-order valence-corrected chi connectivity index (χ3v) is 3.62. The van der Waals surface area contributed by atoms with E-state index < -0.39 is 0 Å². The van der Waals surface area contributed by atoms with Crippen molar-refractivity contribution in [2.45, 2.75) is 26.7 Å². The Morgan fingerprint density at radius 2 is 1.89 bits per heavy atom. The number of nitrogens with one attached hydrogen (secondary N) is 1. The Morgan fingerprint density at radius 3 is 2.50 bits per heavy atom. The highest BCUT2D eigenvalue weighted by Gasteiger charge is 2.16. The van der Waals surface area contributed by atoms with Crippen LogP contribution in [0.5, 0.6) is 0 Å². The third-order valence-electron chi connectivity index (χ3n) is 3.09. The van der Waals surface area contributed by atoms with Crippen LogP contribution in [0.1, 0.15) is 25.8 Å². The minimum Gasteiger partial charge on any atom is -0.383 e. The van der Waals surface area contributed by atoms with E-state index in [2.05, 4.69) is 59.4 Å². The summed E-state index contributed by atoms with van der Waals surface area (Å²) in [6.07, 6.45) is 2.32. The molecule has 0 aliphatic heterocycles. The second-order valence-electron chi connectivity index (χ2n) is 5.46. The topological polar surface area (TPSA) is 21.3 Å². The molecule has 0 saturated carbocycles. The largest absolute Gasteiger partial charge is 0.383 e. The average molecular weight is 314 g/mol.